The third kappa shape index (κ3) is 2.20. The Kier molecular flexibility index (Phi) is 3.17. The summed E-state index contributed by atoms with van der Waals surface area (Å²) in [6.45, 7) is 2.05. The normalized spacial score (nSPS) is 12.8. The van der Waals surface area contributed by atoms with Crippen molar-refractivity contribution in [2.45, 2.75) is 13.0 Å². The number of rotatable bonds is 2. The van der Waals surface area contributed by atoms with Crippen LogP contribution in [0.5, 0.6) is 0 Å². The number of aryl methyl sites for hydroxylation is 1. The summed E-state index contributed by atoms with van der Waals surface area (Å²) in [6.07, 6.45) is 0. The van der Waals surface area contributed by atoms with E-state index < -0.39 is 0 Å². The molecule has 0 aliphatic rings. The van der Waals surface area contributed by atoms with Crippen molar-refractivity contribution < 1.29 is 4.42 Å². The Hall–Kier alpha value is -1.58. The Morgan fingerprint density at radius 2 is 1.84 bits per heavy atom. The number of benzene rings is 2. The van der Waals surface area contributed by atoms with Crippen molar-refractivity contribution in [1.29, 1.82) is 0 Å². The maximum absolute atomic E-state index is 6.31. The van der Waals surface area contributed by atoms with E-state index in [4.69, 9.17) is 10.2 Å². The van der Waals surface area contributed by atoms with Gasteiger partial charge < -0.3 is 10.2 Å². The van der Waals surface area contributed by atoms with Crippen molar-refractivity contribution in [2.75, 3.05) is 0 Å². The van der Waals surface area contributed by atoms with Crippen molar-refractivity contribution in [3.05, 3.63) is 69.9 Å². The van der Waals surface area contributed by atoms with Crippen molar-refractivity contribution in [1.82, 2.24) is 0 Å². The van der Waals surface area contributed by atoms with E-state index >= 15 is 0 Å². The maximum atomic E-state index is 6.31. The standard InChI is InChI=1S/C16H14BrNO/c1-10-13-8-7-12(17)9-14(13)19-16(10)15(18)11-5-3-2-4-6-11/h2-9,15H,18H2,1H3. The summed E-state index contributed by atoms with van der Waals surface area (Å²) in [7, 11) is 0. The van der Waals surface area contributed by atoms with Crippen LogP contribution in [0, 0.1) is 6.92 Å². The van der Waals surface area contributed by atoms with Crippen LogP contribution in [0.3, 0.4) is 0 Å². The number of halogens is 1. The molecule has 19 heavy (non-hydrogen) atoms. The van der Waals surface area contributed by atoms with Gasteiger partial charge in [0.15, 0.2) is 0 Å². The quantitative estimate of drug-likeness (QED) is 0.753. The van der Waals surface area contributed by atoms with Crippen LogP contribution in [0.1, 0.15) is 22.9 Å². The minimum atomic E-state index is -0.229. The van der Waals surface area contributed by atoms with Gasteiger partial charge in [-0.2, -0.15) is 0 Å². The van der Waals surface area contributed by atoms with E-state index in [2.05, 4.69) is 28.9 Å². The van der Waals surface area contributed by atoms with Crippen molar-refractivity contribution in [3.63, 3.8) is 0 Å². The number of hydrogen-bond acceptors (Lipinski definition) is 2. The highest BCUT2D eigenvalue weighted by Crippen LogP contribution is 2.32. The minimum absolute atomic E-state index is 0.229. The molecule has 2 aromatic carbocycles. The largest absolute Gasteiger partial charge is 0.459 e. The molecule has 0 amide bonds. The number of nitrogens with two attached hydrogens (primary N) is 1. The SMILES string of the molecule is Cc1c(C(N)c2ccccc2)oc2cc(Br)ccc12. The third-order valence-electron chi connectivity index (χ3n) is 3.38. The first-order valence-electron chi connectivity index (χ1n) is 6.16. The molecule has 3 aromatic rings. The Balaban J connectivity index is 2.13. The summed E-state index contributed by atoms with van der Waals surface area (Å²) in [5.41, 5.74) is 9.35. The lowest BCUT2D eigenvalue weighted by molar-refractivity contribution is 0.521. The van der Waals surface area contributed by atoms with Gasteiger partial charge in [-0.3, -0.25) is 0 Å². The zero-order valence-electron chi connectivity index (χ0n) is 10.6. The van der Waals surface area contributed by atoms with E-state index in [1.54, 1.807) is 0 Å². The third-order valence-corrected chi connectivity index (χ3v) is 3.87. The van der Waals surface area contributed by atoms with Gasteiger partial charge in [0.05, 0.1) is 6.04 Å². The molecule has 96 valence electrons. The molecule has 1 atom stereocenters. The zero-order valence-corrected chi connectivity index (χ0v) is 12.1. The first-order chi connectivity index (χ1) is 9.16. The van der Waals surface area contributed by atoms with Crippen LogP contribution in [0.2, 0.25) is 0 Å². The van der Waals surface area contributed by atoms with Crippen molar-refractivity contribution >= 4 is 26.9 Å². The fourth-order valence-corrected chi connectivity index (χ4v) is 2.67. The molecule has 0 aliphatic carbocycles. The maximum Gasteiger partial charge on any atom is 0.135 e. The molecule has 1 heterocycles. The molecule has 0 fully saturated rings. The van der Waals surface area contributed by atoms with Gasteiger partial charge in [-0.1, -0.05) is 46.3 Å². The van der Waals surface area contributed by atoms with E-state index in [0.717, 1.165) is 32.3 Å². The number of furan rings is 1. The molecule has 2 N–H and O–H groups in total. The van der Waals surface area contributed by atoms with Gasteiger partial charge >= 0.3 is 0 Å². The smallest absolute Gasteiger partial charge is 0.135 e. The summed E-state index contributed by atoms with van der Waals surface area (Å²) in [6, 6.07) is 15.8. The van der Waals surface area contributed by atoms with Crippen LogP contribution in [0.25, 0.3) is 11.0 Å². The molecule has 3 rings (SSSR count). The van der Waals surface area contributed by atoms with Gasteiger partial charge in [0.1, 0.15) is 11.3 Å². The highest BCUT2D eigenvalue weighted by atomic mass is 79.9. The summed E-state index contributed by atoms with van der Waals surface area (Å²) in [5.74, 6) is 0.833. The molecule has 1 aromatic heterocycles. The lowest BCUT2D eigenvalue weighted by Gasteiger charge is -2.09. The summed E-state index contributed by atoms with van der Waals surface area (Å²) >= 11 is 3.46. The van der Waals surface area contributed by atoms with Crippen LogP contribution in [0.15, 0.2) is 57.4 Å². The van der Waals surface area contributed by atoms with Crippen LogP contribution < -0.4 is 5.73 Å². The van der Waals surface area contributed by atoms with E-state index in [1.165, 1.54) is 0 Å². The van der Waals surface area contributed by atoms with E-state index in [9.17, 15) is 0 Å². The Morgan fingerprint density at radius 3 is 2.58 bits per heavy atom. The van der Waals surface area contributed by atoms with Crippen LogP contribution in [-0.2, 0) is 0 Å². The summed E-state index contributed by atoms with van der Waals surface area (Å²) < 4.78 is 6.95. The second kappa shape index (κ2) is 4.83. The second-order valence-corrected chi connectivity index (χ2v) is 5.54. The van der Waals surface area contributed by atoms with E-state index in [1.807, 2.05) is 42.5 Å². The monoisotopic (exact) mass is 315 g/mol. The molecule has 0 saturated carbocycles. The Labute approximate surface area is 120 Å². The van der Waals surface area contributed by atoms with Gasteiger partial charge in [0, 0.05) is 15.4 Å². The predicted molar refractivity (Wildman–Crippen MR) is 81.1 cm³/mol. The van der Waals surface area contributed by atoms with E-state index in [-0.39, 0.29) is 6.04 Å². The van der Waals surface area contributed by atoms with Gasteiger partial charge in [-0.05, 0) is 30.7 Å². The summed E-state index contributed by atoms with van der Waals surface area (Å²) in [4.78, 5) is 0. The molecule has 0 bridgehead atoms. The fraction of sp³-hybridized carbons (Fsp3) is 0.125. The van der Waals surface area contributed by atoms with Crippen LogP contribution >= 0.6 is 15.9 Å². The molecule has 0 aliphatic heterocycles. The Bertz CT molecular complexity index is 718. The van der Waals surface area contributed by atoms with Gasteiger partial charge in [-0.25, -0.2) is 0 Å². The van der Waals surface area contributed by atoms with Gasteiger partial charge in [0.2, 0.25) is 0 Å². The number of hydrogen-bond donors (Lipinski definition) is 1. The lowest BCUT2D eigenvalue weighted by atomic mass is 10.0. The van der Waals surface area contributed by atoms with Crippen molar-refractivity contribution in [2.24, 2.45) is 5.73 Å². The molecule has 1 unspecified atom stereocenters. The van der Waals surface area contributed by atoms with Crippen LogP contribution in [-0.4, -0.2) is 0 Å². The lowest BCUT2D eigenvalue weighted by Crippen LogP contribution is -2.11. The molecule has 0 spiro atoms. The highest BCUT2D eigenvalue weighted by Gasteiger charge is 2.18. The average Bonchev–Trinajstić information content (AvgIpc) is 2.75. The first kappa shape index (κ1) is 12.5. The molecule has 0 radical (unpaired) electrons. The fourth-order valence-electron chi connectivity index (χ4n) is 2.33. The van der Waals surface area contributed by atoms with E-state index in [0.29, 0.717) is 0 Å². The number of fused-ring (bicyclic) bond motifs is 1. The van der Waals surface area contributed by atoms with Crippen LogP contribution in [0.4, 0.5) is 0 Å². The topological polar surface area (TPSA) is 39.2 Å². The highest BCUT2D eigenvalue weighted by molar-refractivity contribution is 9.10. The second-order valence-electron chi connectivity index (χ2n) is 4.62. The first-order valence-corrected chi connectivity index (χ1v) is 6.95. The molecule has 2 nitrogen and oxygen atoms in total. The van der Waals surface area contributed by atoms with Crippen molar-refractivity contribution in [3.8, 4) is 0 Å². The van der Waals surface area contributed by atoms with Gasteiger partial charge in [0.25, 0.3) is 0 Å². The van der Waals surface area contributed by atoms with Gasteiger partial charge in [-0.15, -0.1) is 0 Å². The zero-order chi connectivity index (χ0) is 13.4. The molecule has 0 saturated heterocycles. The summed E-state index contributed by atoms with van der Waals surface area (Å²) in [5, 5.41) is 1.12. The molecular weight excluding hydrogens is 302 g/mol. The molecular formula is C16H14BrNO. The predicted octanol–water partition coefficient (Wildman–Crippen LogP) is 4.55. The Morgan fingerprint density at radius 1 is 1.11 bits per heavy atom. The minimum Gasteiger partial charge on any atom is -0.459 e. The molecule has 3 heteroatoms. The average molecular weight is 316 g/mol.